The first-order chi connectivity index (χ1) is 8.84. The lowest BCUT2D eigenvalue weighted by Gasteiger charge is -2.20. The Bertz CT molecular complexity index is 541. The molecule has 102 valence electrons. The number of hydrogen-bond acceptors (Lipinski definition) is 5. The highest BCUT2D eigenvalue weighted by Crippen LogP contribution is 2.26. The van der Waals surface area contributed by atoms with Gasteiger partial charge in [0.05, 0.1) is 18.2 Å². The number of morpholine rings is 1. The minimum Gasteiger partial charge on any atom is -0.378 e. The second kappa shape index (κ2) is 6.34. The number of rotatable bonds is 2. The average Bonchev–Trinajstić information content (AvgIpc) is 2.90. The zero-order chi connectivity index (χ0) is 12.4. The maximum Gasteiger partial charge on any atom is 0.246 e. The second-order valence-corrected chi connectivity index (χ2v) is 4.42. The molecule has 1 N–H and O–H groups in total. The van der Waals surface area contributed by atoms with Gasteiger partial charge in [-0.3, -0.25) is 0 Å². The fourth-order valence-corrected chi connectivity index (χ4v) is 2.07. The predicted octanol–water partition coefficient (Wildman–Crippen LogP) is 2.47. The highest BCUT2D eigenvalue weighted by Gasteiger charge is 2.22. The van der Waals surface area contributed by atoms with Crippen LogP contribution in [-0.2, 0) is 4.74 Å². The molecule has 1 atom stereocenters. The molecule has 1 saturated heterocycles. The lowest BCUT2D eigenvalue weighted by Crippen LogP contribution is -2.34. The molecule has 19 heavy (non-hydrogen) atoms. The number of nitrogens with zero attached hydrogens (tertiary/aromatic N) is 2. The van der Waals surface area contributed by atoms with Gasteiger partial charge in [0.2, 0.25) is 11.7 Å². The standard InChI is InChI=1S/C12H12ClN3O2.ClH/c13-9-4-2-1-3-8(9)11-15-12(18-16-11)10-7-17-6-5-14-10;/h1-4,10,14H,5-7H2;1H. The van der Waals surface area contributed by atoms with Crippen LogP contribution in [0.4, 0.5) is 0 Å². The van der Waals surface area contributed by atoms with Gasteiger partial charge in [-0.05, 0) is 12.1 Å². The van der Waals surface area contributed by atoms with Crippen molar-refractivity contribution in [2.24, 2.45) is 0 Å². The van der Waals surface area contributed by atoms with E-state index in [4.69, 9.17) is 20.9 Å². The minimum atomic E-state index is -0.0394. The number of ether oxygens (including phenoxy) is 1. The predicted molar refractivity (Wildman–Crippen MR) is 73.6 cm³/mol. The Morgan fingerprint density at radius 1 is 1.32 bits per heavy atom. The Morgan fingerprint density at radius 2 is 2.16 bits per heavy atom. The summed E-state index contributed by atoms with van der Waals surface area (Å²) in [5.74, 6) is 1.03. The van der Waals surface area contributed by atoms with Crippen LogP contribution in [0.2, 0.25) is 5.02 Å². The molecule has 0 saturated carbocycles. The van der Waals surface area contributed by atoms with E-state index in [-0.39, 0.29) is 18.4 Å². The second-order valence-electron chi connectivity index (χ2n) is 4.02. The Hall–Kier alpha value is -1.14. The van der Waals surface area contributed by atoms with Gasteiger partial charge in [-0.1, -0.05) is 28.9 Å². The van der Waals surface area contributed by atoms with Gasteiger partial charge in [-0.25, -0.2) is 0 Å². The molecule has 0 radical (unpaired) electrons. The summed E-state index contributed by atoms with van der Waals surface area (Å²) >= 11 is 6.09. The molecular weight excluding hydrogens is 289 g/mol. The molecule has 0 aliphatic carbocycles. The summed E-state index contributed by atoms with van der Waals surface area (Å²) in [6, 6.07) is 7.38. The van der Waals surface area contributed by atoms with Crippen LogP contribution in [0, 0.1) is 0 Å². The van der Waals surface area contributed by atoms with E-state index in [2.05, 4.69) is 15.5 Å². The molecule has 1 aromatic carbocycles. The summed E-state index contributed by atoms with van der Waals surface area (Å²) in [6.45, 7) is 2.04. The number of benzene rings is 1. The molecule has 1 unspecified atom stereocenters. The van der Waals surface area contributed by atoms with E-state index < -0.39 is 0 Å². The Morgan fingerprint density at radius 3 is 2.89 bits per heavy atom. The van der Waals surface area contributed by atoms with Crippen molar-refractivity contribution in [1.82, 2.24) is 15.5 Å². The van der Waals surface area contributed by atoms with E-state index in [1.807, 2.05) is 18.2 Å². The first-order valence-electron chi connectivity index (χ1n) is 5.74. The number of halogens is 2. The molecule has 2 aromatic rings. The first-order valence-corrected chi connectivity index (χ1v) is 6.12. The molecule has 7 heteroatoms. The largest absolute Gasteiger partial charge is 0.378 e. The van der Waals surface area contributed by atoms with Crippen LogP contribution in [0.25, 0.3) is 11.4 Å². The molecule has 0 amide bonds. The van der Waals surface area contributed by atoms with Crippen LogP contribution in [0.1, 0.15) is 11.9 Å². The highest BCUT2D eigenvalue weighted by molar-refractivity contribution is 6.33. The Kier molecular flexibility index (Phi) is 4.76. The van der Waals surface area contributed by atoms with Gasteiger partial charge in [0.25, 0.3) is 0 Å². The average molecular weight is 302 g/mol. The molecule has 1 aliphatic heterocycles. The molecule has 0 spiro atoms. The van der Waals surface area contributed by atoms with E-state index in [0.29, 0.717) is 30.0 Å². The summed E-state index contributed by atoms with van der Waals surface area (Å²) in [4.78, 5) is 4.36. The zero-order valence-corrected chi connectivity index (χ0v) is 11.6. The summed E-state index contributed by atoms with van der Waals surface area (Å²) in [7, 11) is 0. The van der Waals surface area contributed by atoms with Gasteiger partial charge in [0.15, 0.2) is 0 Å². The zero-order valence-electron chi connectivity index (χ0n) is 10.0. The topological polar surface area (TPSA) is 60.2 Å². The van der Waals surface area contributed by atoms with Gasteiger partial charge < -0.3 is 14.6 Å². The number of aromatic nitrogens is 2. The van der Waals surface area contributed by atoms with Crippen LogP contribution in [-0.4, -0.2) is 29.9 Å². The van der Waals surface area contributed by atoms with Gasteiger partial charge >= 0.3 is 0 Å². The van der Waals surface area contributed by atoms with Crippen LogP contribution >= 0.6 is 24.0 Å². The van der Waals surface area contributed by atoms with Gasteiger partial charge in [-0.2, -0.15) is 4.98 Å². The number of hydrogen-bond donors (Lipinski definition) is 1. The van der Waals surface area contributed by atoms with Crippen LogP contribution < -0.4 is 5.32 Å². The normalized spacial score (nSPS) is 18.9. The molecule has 5 nitrogen and oxygen atoms in total. The Balaban J connectivity index is 0.00000133. The fourth-order valence-electron chi connectivity index (χ4n) is 1.85. The molecular formula is C12H13Cl2N3O2. The van der Waals surface area contributed by atoms with Gasteiger partial charge in [-0.15, -0.1) is 12.4 Å². The van der Waals surface area contributed by atoms with E-state index in [1.54, 1.807) is 6.07 Å². The van der Waals surface area contributed by atoms with Crippen LogP contribution in [0.15, 0.2) is 28.8 Å². The van der Waals surface area contributed by atoms with Gasteiger partial charge in [0.1, 0.15) is 6.04 Å². The maximum atomic E-state index is 6.09. The lowest BCUT2D eigenvalue weighted by atomic mass is 10.2. The minimum absolute atomic E-state index is 0. The van der Waals surface area contributed by atoms with E-state index >= 15 is 0 Å². The molecule has 1 fully saturated rings. The third kappa shape index (κ3) is 3.06. The molecule has 0 bridgehead atoms. The van der Waals surface area contributed by atoms with Crippen molar-refractivity contribution >= 4 is 24.0 Å². The highest BCUT2D eigenvalue weighted by atomic mass is 35.5. The van der Waals surface area contributed by atoms with Crippen molar-refractivity contribution < 1.29 is 9.26 Å². The van der Waals surface area contributed by atoms with E-state index in [1.165, 1.54) is 0 Å². The van der Waals surface area contributed by atoms with Crippen molar-refractivity contribution in [1.29, 1.82) is 0 Å². The quantitative estimate of drug-likeness (QED) is 0.923. The first kappa shape index (κ1) is 14.3. The monoisotopic (exact) mass is 301 g/mol. The van der Waals surface area contributed by atoms with Crippen molar-refractivity contribution in [3.8, 4) is 11.4 Å². The summed E-state index contributed by atoms with van der Waals surface area (Å²) in [5.41, 5.74) is 0.769. The van der Waals surface area contributed by atoms with Crippen molar-refractivity contribution in [3.63, 3.8) is 0 Å². The van der Waals surface area contributed by atoms with Crippen molar-refractivity contribution in [3.05, 3.63) is 35.2 Å². The molecule has 1 aliphatic rings. The lowest BCUT2D eigenvalue weighted by molar-refractivity contribution is 0.0659. The summed E-state index contributed by atoms with van der Waals surface area (Å²) in [6.07, 6.45) is 0. The summed E-state index contributed by atoms with van der Waals surface area (Å²) < 4.78 is 10.6. The third-order valence-corrected chi connectivity index (χ3v) is 3.11. The fraction of sp³-hybridized carbons (Fsp3) is 0.333. The Labute approximate surface area is 121 Å². The van der Waals surface area contributed by atoms with Crippen molar-refractivity contribution in [2.45, 2.75) is 6.04 Å². The summed E-state index contributed by atoms with van der Waals surface area (Å²) in [5, 5.41) is 7.83. The maximum absolute atomic E-state index is 6.09. The van der Waals surface area contributed by atoms with E-state index in [0.717, 1.165) is 12.1 Å². The number of nitrogens with one attached hydrogen (secondary N) is 1. The smallest absolute Gasteiger partial charge is 0.246 e. The SMILES string of the molecule is Cl.Clc1ccccc1-c1noc(C2COCCN2)n1. The van der Waals surface area contributed by atoms with Crippen LogP contribution in [0.3, 0.4) is 0 Å². The molecule has 1 aromatic heterocycles. The van der Waals surface area contributed by atoms with Gasteiger partial charge in [0, 0.05) is 12.1 Å². The van der Waals surface area contributed by atoms with Crippen LogP contribution in [0.5, 0.6) is 0 Å². The third-order valence-electron chi connectivity index (χ3n) is 2.78. The molecule has 3 rings (SSSR count). The van der Waals surface area contributed by atoms with E-state index in [9.17, 15) is 0 Å². The van der Waals surface area contributed by atoms with Crippen molar-refractivity contribution in [2.75, 3.05) is 19.8 Å². The molecule has 2 heterocycles.